The predicted molar refractivity (Wildman–Crippen MR) is 99.9 cm³/mol. The topological polar surface area (TPSA) is 61.8 Å². The van der Waals surface area contributed by atoms with Crippen LogP contribution in [0.4, 0.5) is 0 Å². The van der Waals surface area contributed by atoms with Gasteiger partial charge in [0.15, 0.2) is 0 Å². The lowest BCUT2D eigenvalue weighted by atomic mass is 10.2. The Bertz CT molecular complexity index is 753. The molecule has 25 heavy (non-hydrogen) atoms. The summed E-state index contributed by atoms with van der Waals surface area (Å²) in [6, 6.07) is 7.15. The van der Waals surface area contributed by atoms with E-state index < -0.39 is 0 Å². The van der Waals surface area contributed by atoms with Crippen molar-refractivity contribution in [2.45, 2.75) is 39.0 Å². The maximum Gasteiger partial charge on any atom is 0.305 e. The van der Waals surface area contributed by atoms with Crippen molar-refractivity contribution in [1.29, 1.82) is 0 Å². The first-order valence-electron chi connectivity index (χ1n) is 8.54. The molecule has 0 saturated heterocycles. The summed E-state index contributed by atoms with van der Waals surface area (Å²) in [5.41, 5.74) is 0. The van der Waals surface area contributed by atoms with Gasteiger partial charge in [-0.05, 0) is 43.9 Å². The Labute approximate surface area is 151 Å². The predicted octanol–water partition coefficient (Wildman–Crippen LogP) is 4.16. The zero-order valence-corrected chi connectivity index (χ0v) is 15.5. The van der Waals surface area contributed by atoms with Crippen molar-refractivity contribution in [3.8, 4) is 11.5 Å². The molecule has 0 unspecified atom stereocenters. The summed E-state index contributed by atoms with van der Waals surface area (Å²) in [7, 11) is 1.62. The number of carbonyl (C=O) groups excluding carboxylic acids is 1. The molecule has 2 aromatic rings. The summed E-state index contributed by atoms with van der Waals surface area (Å²) in [6.07, 6.45) is 4.15. The lowest BCUT2D eigenvalue weighted by Gasteiger charge is -2.10. The second-order valence-corrected chi connectivity index (χ2v) is 6.67. The van der Waals surface area contributed by atoms with Crippen LogP contribution in [0.15, 0.2) is 29.1 Å². The van der Waals surface area contributed by atoms with Crippen LogP contribution >= 0.6 is 11.3 Å². The molecule has 2 rings (SSSR count). The number of esters is 1. The van der Waals surface area contributed by atoms with E-state index in [1.807, 2.05) is 18.2 Å². The highest BCUT2D eigenvalue weighted by Crippen LogP contribution is 2.30. The van der Waals surface area contributed by atoms with E-state index in [9.17, 15) is 9.59 Å². The van der Waals surface area contributed by atoms with Crippen molar-refractivity contribution in [2.24, 2.45) is 0 Å². The molecule has 1 heterocycles. The monoisotopic (exact) mass is 364 g/mol. The second kappa shape index (κ2) is 10.0. The minimum Gasteiger partial charge on any atom is -0.497 e. The number of fused-ring (bicyclic) bond motifs is 1. The summed E-state index contributed by atoms with van der Waals surface area (Å²) in [6.45, 7) is 2.82. The molecule has 0 N–H and O–H groups in total. The molecular formula is C19H24O5S. The molecule has 0 saturated carbocycles. The molecule has 5 nitrogen and oxygen atoms in total. The molecule has 1 aromatic carbocycles. The van der Waals surface area contributed by atoms with Crippen molar-refractivity contribution in [1.82, 2.24) is 0 Å². The number of benzene rings is 1. The minimum atomic E-state index is -0.149. The average molecular weight is 364 g/mol. The SMILES string of the molecule is CCC(=O)OCCCCCCOc1cc(=O)sc2ccc(OC)cc12. The first-order valence-corrected chi connectivity index (χ1v) is 9.36. The van der Waals surface area contributed by atoms with Crippen LogP contribution in [0.25, 0.3) is 10.1 Å². The van der Waals surface area contributed by atoms with E-state index in [-0.39, 0.29) is 10.7 Å². The first kappa shape index (κ1) is 19.2. The van der Waals surface area contributed by atoms with E-state index in [2.05, 4.69) is 0 Å². The molecule has 0 aliphatic rings. The van der Waals surface area contributed by atoms with Crippen LogP contribution in [0, 0.1) is 0 Å². The van der Waals surface area contributed by atoms with Gasteiger partial charge in [0, 0.05) is 22.6 Å². The van der Waals surface area contributed by atoms with Crippen LogP contribution in [0.1, 0.15) is 39.0 Å². The van der Waals surface area contributed by atoms with E-state index in [0.29, 0.717) is 25.4 Å². The Morgan fingerprint density at radius 2 is 1.84 bits per heavy atom. The highest BCUT2D eigenvalue weighted by Gasteiger charge is 2.07. The molecule has 0 aliphatic carbocycles. The van der Waals surface area contributed by atoms with Crippen molar-refractivity contribution in [2.75, 3.05) is 20.3 Å². The molecule has 1 aromatic heterocycles. The molecule has 0 bridgehead atoms. The Kier molecular flexibility index (Phi) is 7.73. The minimum absolute atomic E-state index is 0.0228. The third-order valence-corrected chi connectivity index (χ3v) is 4.65. The van der Waals surface area contributed by atoms with Crippen molar-refractivity contribution >= 4 is 27.4 Å². The highest BCUT2D eigenvalue weighted by molar-refractivity contribution is 7.16. The summed E-state index contributed by atoms with van der Waals surface area (Å²) in [5.74, 6) is 1.20. The van der Waals surface area contributed by atoms with Crippen LogP contribution in [0.3, 0.4) is 0 Å². The van der Waals surface area contributed by atoms with Gasteiger partial charge in [-0.2, -0.15) is 0 Å². The van der Waals surface area contributed by atoms with Gasteiger partial charge in [-0.1, -0.05) is 18.3 Å². The standard InChI is InChI=1S/C19H24O5S/c1-3-18(20)24-11-7-5-4-6-10-23-16-13-19(21)25-17-9-8-14(22-2)12-15(16)17/h8-9,12-13H,3-7,10-11H2,1-2H3. The van der Waals surface area contributed by atoms with Gasteiger partial charge in [0.1, 0.15) is 11.5 Å². The lowest BCUT2D eigenvalue weighted by Crippen LogP contribution is -2.04. The zero-order valence-electron chi connectivity index (χ0n) is 14.7. The summed E-state index contributed by atoms with van der Waals surface area (Å²) >= 11 is 1.20. The third-order valence-electron chi connectivity index (χ3n) is 3.76. The van der Waals surface area contributed by atoms with Crippen LogP contribution in [-0.2, 0) is 9.53 Å². The summed E-state index contributed by atoms with van der Waals surface area (Å²) < 4.78 is 17.0. The zero-order chi connectivity index (χ0) is 18.1. The Morgan fingerprint density at radius 1 is 1.08 bits per heavy atom. The molecule has 6 heteroatoms. The van der Waals surface area contributed by atoms with E-state index in [1.165, 1.54) is 17.4 Å². The Morgan fingerprint density at radius 3 is 2.56 bits per heavy atom. The summed E-state index contributed by atoms with van der Waals surface area (Å²) in [4.78, 5) is 22.8. The van der Waals surface area contributed by atoms with E-state index in [0.717, 1.165) is 41.5 Å². The molecule has 0 fully saturated rings. The van der Waals surface area contributed by atoms with Gasteiger partial charge in [-0.15, -0.1) is 0 Å². The van der Waals surface area contributed by atoms with Gasteiger partial charge < -0.3 is 14.2 Å². The molecule has 0 radical (unpaired) electrons. The number of hydrogen-bond donors (Lipinski definition) is 0. The fourth-order valence-electron chi connectivity index (χ4n) is 2.39. The lowest BCUT2D eigenvalue weighted by molar-refractivity contribution is -0.143. The Hall–Kier alpha value is -2.08. The largest absolute Gasteiger partial charge is 0.497 e. The van der Waals surface area contributed by atoms with Crippen molar-refractivity contribution < 1.29 is 19.0 Å². The van der Waals surface area contributed by atoms with Gasteiger partial charge in [0.05, 0.1) is 20.3 Å². The van der Waals surface area contributed by atoms with Crippen LogP contribution < -0.4 is 14.2 Å². The molecule has 0 amide bonds. The van der Waals surface area contributed by atoms with Gasteiger partial charge in [0.25, 0.3) is 0 Å². The van der Waals surface area contributed by atoms with Gasteiger partial charge >= 0.3 is 5.97 Å². The number of hydrogen-bond acceptors (Lipinski definition) is 6. The molecule has 0 aliphatic heterocycles. The average Bonchev–Trinajstić information content (AvgIpc) is 2.62. The number of carbonyl (C=O) groups is 1. The fourth-order valence-corrected chi connectivity index (χ4v) is 3.18. The molecule has 0 atom stereocenters. The molecule has 136 valence electrons. The van der Waals surface area contributed by atoms with E-state index >= 15 is 0 Å². The highest BCUT2D eigenvalue weighted by atomic mass is 32.1. The van der Waals surface area contributed by atoms with Crippen molar-refractivity contribution in [3.05, 3.63) is 33.8 Å². The number of rotatable bonds is 10. The first-order chi connectivity index (χ1) is 12.1. The maximum absolute atomic E-state index is 11.8. The van der Waals surface area contributed by atoms with Crippen LogP contribution in [-0.4, -0.2) is 26.3 Å². The smallest absolute Gasteiger partial charge is 0.305 e. The van der Waals surface area contributed by atoms with E-state index in [1.54, 1.807) is 14.0 Å². The van der Waals surface area contributed by atoms with Crippen molar-refractivity contribution in [3.63, 3.8) is 0 Å². The normalized spacial score (nSPS) is 10.6. The van der Waals surface area contributed by atoms with Gasteiger partial charge in [-0.3, -0.25) is 9.59 Å². The maximum atomic E-state index is 11.8. The number of unbranched alkanes of at least 4 members (excludes halogenated alkanes) is 3. The fraction of sp³-hybridized carbons (Fsp3) is 0.474. The number of ether oxygens (including phenoxy) is 3. The number of methoxy groups -OCH3 is 1. The summed E-state index contributed by atoms with van der Waals surface area (Å²) in [5, 5.41) is 0.899. The molecule has 0 spiro atoms. The van der Waals surface area contributed by atoms with Crippen LogP contribution in [0.2, 0.25) is 0 Å². The molecular weight excluding hydrogens is 340 g/mol. The van der Waals surface area contributed by atoms with Gasteiger partial charge in [-0.25, -0.2) is 0 Å². The van der Waals surface area contributed by atoms with E-state index in [4.69, 9.17) is 14.2 Å². The quantitative estimate of drug-likeness (QED) is 0.468. The third kappa shape index (κ3) is 6.05. The Balaban J connectivity index is 1.80. The second-order valence-electron chi connectivity index (χ2n) is 5.63. The van der Waals surface area contributed by atoms with Gasteiger partial charge in [0.2, 0.25) is 4.74 Å². The van der Waals surface area contributed by atoms with Crippen LogP contribution in [0.5, 0.6) is 11.5 Å².